The minimum atomic E-state index is -0.202. The molecule has 0 bridgehead atoms. The molecule has 0 spiro atoms. The molecule has 0 saturated heterocycles. The van der Waals surface area contributed by atoms with Crippen LogP contribution in [0, 0.1) is 17.8 Å². The number of aliphatic hydroxyl groups is 2. The molecule has 132 valence electrons. The molecular formula is C22H32O2. The van der Waals surface area contributed by atoms with Crippen LogP contribution in [0.1, 0.15) is 69.4 Å². The Morgan fingerprint density at radius 2 is 1.92 bits per heavy atom. The second-order valence-corrected chi connectivity index (χ2v) is 8.86. The van der Waals surface area contributed by atoms with Crippen LogP contribution in [0.15, 0.2) is 24.3 Å². The van der Waals surface area contributed by atoms with Gasteiger partial charge >= 0.3 is 0 Å². The summed E-state index contributed by atoms with van der Waals surface area (Å²) in [4.78, 5) is 0. The second kappa shape index (κ2) is 6.46. The highest BCUT2D eigenvalue weighted by Crippen LogP contribution is 2.56. The molecule has 2 nitrogen and oxygen atoms in total. The molecule has 5 unspecified atom stereocenters. The minimum absolute atomic E-state index is 0.135. The van der Waals surface area contributed by atoms with Crippen molar-refractivity contribution >= 4 is 0 Å². The summed E-state index contributed by atoms with van der Waals surface area (Å²) in [6, 6.07) is 8.81. The van der Waals surface area contributed by atoms with Gasteiger partial charge in [0.25, 0.3) is 0 Å². The molecule has 0 aromatic heterocycles. The predicted molar refractivity (Wildman–Crippen MR) is 96.9 cm³/mol. The molecule has 4 rings (SSSR count). The zero-order chi connectivity index (χ0) is 16.7. The topological polar surface area (TPSA) is 40.5 Å². The van der Waals surface area contributed by atoms with E-state index in [0.29, 0.717) is 17.8 Å². The lowest BCUT2D eigenvalue weighted by molar-refractivity contribution is 0.0533. The predicted octanol–water partition coefficient (Wildman–Crippen LogP) is 4.22. The van der Waals surface area contributed by atoms with Gasteiger partial charge in [-0.15, -0.1) is 0 Å². The molecule has 0 heterocycles. The third-order valence-corrected chi connectivity index (χ3v) is 7.52. The van der Waals surface area contributed by atoms with Gasteiger partial charge in [0.1, 0.15) is 0 Å². The zero-order valence-corrected chi connectivity index (χ0v) is 15.0. The van der Waals surface area contributed by atoms with E-state index in [1.54, 1.807) is 0 Å². The lowest BCUT2D eigenvalue weighted by Gasteiger charge is -2.30. The summed E-state index contributed by atoms with van der Waals surface area (Å²) in [5, 5.41) is 21.3. The fourth-order valence-corrected chi connectivity index (χ4v) is 6.17. The molecule has 1 aromatic carbocycles. The van der Waals surface area contributed by atoms with E-state index in [0.717, 1.165) is 25.7 Å². The molecule has 3 aliphatic rings. The Hall–Kier alpha value is -0.860. The molecule has 24 heavy (non-hydrogen) atoms. The van der Waals surface area contributed by atoms with E-state index in [-0.39, 0.29) is 17.6 Å². The van der Waals surface area contributed by atoms with Crippen molar-refractivity contribution < 1.29 is 10.2 Å². The van der Waals surface area contributed by atoms with Gasteiger partial charge in [0, 0.05) is 0 Å². The fourth-order valence-electron chi connectivity index (χ4n) is 6.17. The minimum Gasteiger partial charge on any atom is -0.393 e. The van der Waals surface area contributed by atoms with Crippen molar-refractivity contribution in [3.63, 3.8) is 0 Å². The molecule has 0 amide bonds. The molecule has 0 radical (unpaired) electrons. The van der Waals surface area contributed by atoms with E-state index >= 15 is 0 Å². The zero-order valence-electron chi connectivity index (χ0n) is 15.0. The Morgan fingerprint density at radius 1 is 1.17 bits per heavy atom. The number of hydrogen-bond acceptors (Lipinski definition) is 2. The van der Waals surface area contributed by atoms with Crippen molar-refractivity contribution in [3.8, 4) is 0 Å². The molecule has 2 N–H and O–H groups in total. The normalized spacial score (nSPS) is 37.2. The first-order valence-corrected chi connectivity index (χ1v) is 10.0. The Kier molecular flexibility index (Phi) is 4.47. The van der Waals surface area contributed by atoms with Gasteiger partial charge in [-0.3, -0.25) is 0 Å². The van der Waals surface area contributed by atoms with Gasteiger partial charge < -0.3 is 10.2 Å². The van der Waals surface area contributed by atoms with Gasteiger partial charge in [0.05, 0.1) is 12.2 Å². The maximum atomic E-state index is 10.7. The van der Waals surface area contributed by atoms with Crippen molar-refractivity contribution in [1.29, 1.82) is 0 Å². The number of hydrogen-bond donors (Lipinski definition) is 2. The van der Waals surface area contributed by atoms with Crippen LogP contribution >= 0.6 is 0 Å². The quantitative estimate of drug-likeness (QED) is 0.869. The molecule has 5 atom stereocenters. The van der Waals surface area contributed by atoms with Crippen LogP contribution in [-0.4, -0.2) is 22.4 Å². The fraction of sp³-hybridized carbons (Fsp3) is 0.727. The SMILES string of the molecule is CC12CC(O)C(CCC(O)C3CCCCC3)C1Cc1ccccc12. The molecule has 2 heteroatoms. The lowest BCUT2D eigenvalue weighted by Crippen LogP contribution is -2.28. The average Bonchev–Trinajstić information content (AvgIpc) is 3.01. The highest BCUT2D eigenvalue weighted by Gasteiger charge is 2.54. The standard InChI is InChI=1S/C22H32O2/c1-22-14-21(24)17(11-12-20(23)15-7-3-2-4-8-15)19(22)13-16-9-5-6-10-18(16)22/h5-6,9-10,15,17,19-21,23-24H,2-4,7-8,11-14H2,1H3. The van der Waals surface area contributed by atoms with E-state index in [2.05, 4.69) is 31.2 Å². The first-order chi connectivity index (χ1) is 11.6. The summed E-state index contributed by atoms with van der Waals surface area (Å²) in [7, 11) is 0. The van der Waals surface area contributed by atoms with E-state index < -0.39 is 0 Å². The van der Waals surface area contributed by atoms with Crippen molar-refractivity contribution in [2.75, 3.05) is 0 Å². The summed E-state index contributed by atoms with van der Waals surface area (Å²) in [6.07, 6.45) is 9.77. The van der Waals surface area contributed by atoms with E-state index in [1.165, 1.54) is 43.2 Å². The molecule has 0 aliphatic heterocycles. The van der Waals surface area contributed by atoms with Crippen LogP contribution in [0.5, 0.6) is 0 Å². The smallest absolute Gasteiger partial charge is 0.0580 e. The van der Waals surface area contributed by atoms with Crippen LogP contribution in [0.3, 0.4) is 0 Å². The Balaban J connectivity index is 1.43. The summed E-state index contributed by atoms with van der Waals surface area (Å²) < 4.78 is 0. The number of benzene rings is 1. The largest absolute Gasteiger partial charge is 0.393 e. The summed E-state index contributed by atoms with van der Waals surface area (Å²) in [6.45, 7) is 2.35. The van der Waals surface area contributed by atoms with Crippen molar-refractivity contribution in [2.45, 2.75) is 82.3 Å². The molecule has 2 saturated carbocycles. The average molecular weight is 328 g/mol. The van der Waals surface area contributed by atoms with Crippen LogP contribution in [-0.2, 0) is 11.8 Å². The van der Waals surface area contributed by atoms with Gasteiger partial charge in [-0.25, -0.2) is 0 Å². The van der Waals surface area contributed by atoms with Crippen molar-refractivity contribution in [2.24, 2.45) is 17.8 Å². The van der Waals surface area contributed by atoms with Crippen molar-refractivity contribution in [1.82, 2.24) is 0 Å². The molecule has 2 fully saturated rings. The molecule has 1 aromatic rings. The third-order valence-electron chi connectivity index (χ3n) is 7.52. The van der Waals surface area contributed by atoms with E-state index in [9.17, 15) is 10.2 Å². The molecular weight excluding hydrogens is 296 g/mol. The third kappa shape index (κ3) is 2.72. The van der Waals surface area contributed by atoms with Gasteiger partial charge in [-0.05, 0) is 72.8 Å². The van der Waals surface area contributed by atoms with Crippen LogP contribution < -0.4 is 0 Å². The molecule has 3 aliphatic carbocycles. The lowest BCUT2D eigenvalue weighted by atomic mass is 9.75. The Morgan fingerprint density at radius 3 is 2.71 bits per heavy atom. The second-order valence-electron chi connectivity index (χ2n) is 8.86. The Labute approximate surface area is 146 Å². The number of rotatable bonds is 4. The monoisotopic (exact) mass is 328 g/mol. The first kappa shape index (κ1) is 16.6. The summed E-state index contributed by atoms with van der Waals surface area (Å²) in [5.41, 5.74) is 3.08. The maximum Gasteiger partial charge on any atom is 0.0580 e. The maximum absolute atomic E-state index is 10.7. The van der Waals surface area contributed by atoms with Gasteiger partial charge in [0.2, 0.25) is 0 Å². The summed E-state index contributed by atoms with van der Waals surface area (Å²) in [5.74, 6) is 1.40. The van der Waals surface area contributed by atoms with Crippen molar-refractivity contribution in [3.05, 3.63) is 35.4 Å². The number of fused-ring (bicyclic) bond motifs is 3. The first-order valence-electron chi connectivity index (χ1n) is 10.0. The highest BCUT2D eigenvalue weighted by molar-refractivity contribution is 5.42. The van der Waals surface area contributed by atoms with Crippen LogP contribution in [0.25, 0.3) is 0 Å². The number of aliphatic hydroxyl groups excluding tert-OH is 2. The Bertz CT molecular complexity index is 577. The van der Waals surface area contributed by atoms with Crippen LogP contribution in [0.2, 0.25) is 0 Å². The van der Waals surface area contributed by atoms with Gasteiger partial charge in [-0.1, -0.05) is 50.5 Å². The van der Waals surface area contributed by atoms with E-state index in [1.807, 2.05) is 0 Å². The summed E-state index contributed by atoms with van der Waals surface area (Å²) >= 11 is 0. The van der Waals surface area contributed by atoms with E-state index in [4.69, 9.17) is 0 Å². The van der Waals surface area contributed by atoms with Gasteiger partial charge in [0.15, 0.2) is 0 Å². The highest BCUT2D eigenvalue weighted by atomic mass is 16.3. The van der Waals surface area contributed by atoms with Gasteiger partial charge in [-0.2, -0.15) is 0 Å². The van der Waals surface area contributed by atoms with Crippen LogP contribution in [0.4, 0.5) is 0 Å².